The second-order valence-corrected chi connectivity index (χ2v) is 12.4. The van der Waals surface area contributed by atoms with Crippen LogP contribution in [0, 0.1) is 17.3 Å². The number of allylic oxidation sites excluding steroid dienone is 3. The summed E-state index contributed by atoms with van der Waals surface area (Å²) in [5.74, 6) is -3.52. The predicted octanol–water partition coefficient (Wildman–Crippen LogP) is 5.47. The molecular formula is C38H38N4O6. The van der Waals surface area contributed by atoms with Crippen LogP contribution >= 0.6 is 0 Å². The Labute approximate surface area is 279 Å². The molecule has 5 rings (SSSR count). The van der Waals surface area contributed by atoms with Gasteiger partial charge in [0.15, 0.2) is 11.6 Å². The number of aromatic nitrogens is 3. The molecule has 10 nitrogen and oxygen atoms in total. The number of ketones is 2. The maximum Gasteiger partial charge on any atom is 0.330 e. The van der Waals surface area contributed by atoms with E-state index in [1.54, 1.807) is 26.0 Å². The molecule has 2 aliphatic carbocycles. The van der Waals surface area contributed by atoms with Crippen molar-refractivity contribution in [2.45, 2.75) is 52.8 Å². The summed E-state index contributed by atoms with van der Waals surface area (Å²) in [7, 11) is 0. The number of benzene rings is 2. The maximum atomic E-state index is 14.0. The summed E-state index contributed by atoms with van der Waals surface area (Å²) in [4.78, 5) is 66.3. The van der Waals surface area contributed by atoms with E-state index >= 15 is 0 Å². The van der Waals surface area contributed by atoms with Gasteiger partial charge in [0.1, 0.15) is 18.3 Å². The summed E-state index contributed by atoms with van der Waals surface area (Å²) in [6.07, 6.45) is 7.21. The van der Waals surface area contributed by atoms with Crippen LogP contribution in [0.15, 0.2) is 109 Å². The number of fused-ring (bicyclic) bond motifs is 1. The average Bonchev–Trinajstić information content (AvgIpc) is 3.55. The van der Waals surface area contributed by atoms with E-state index in [-0.39, 0.29) is 24.7 Å². The molecule has 2 amide bonds. The highest BCUT2D eigenvalue weighted by Crippen LogP contribution is 2.50. The van der Waals surface area contributed by atoms with Gasteiger partial charge in [-0.1, -0.05) is 92.9 Å². The lowest BCUT2D eigenvalue weighted by atomic mass is 9.60. The lowest BCUT2D eigenvalue weighted by Crippen LogP contribution is -2.49. The molecule has 0 saturated heterocycles. The average molecular weight is 647 g/mol. The van der Waals surface area contributed by atoms with Crippen LogP contribution in [0.25, 0.3) is 11.1 Å². The van der Waals surface area contributed by atoms with E-state index in [2.05, 4.69) is 23.5 Å². The molecule has 0 radical (unpaired) electrons. The number of carbonyl (C=O) groups excluding carboxylic acids is 5. The normalized spacial score (nSPS) is 20.8. The molecule has 1 heterocycles. The fourth-order valence-corrected chi connectivity index (χ4v) is 6.63. The van der Waals surface area contributed by atoms with Crippen LogP contribution in [-0.4, -0.2) is 55.3 Å². The second kappa shape index (κ2) is 14.1. The van der Waals surface area contributed by atoms with Crippen LogP contribution in [0.3, 0.4) is 0 Å². The van der Waals surface area contributed by atoms with Gasteiger partial charge in [-0.25, -0.2) is 9.48 Å². The van der Waals surface area contributed by atoms with E-state index in [0.29, 0.717) is 35.2 Å². The minimum Gasteiger partial charge on any atom is -0.454 e. The van der Waals surface area contributed by atoms with Crippen molar-refractivity contribution in [1.29, 1.82) is 0 Å². The van der Waals surface area contributed by atoms with Crippen molar-refractivity contribution in [1.82, 2.24) is 19.9 Å². The summed E-state index contributed by atoms with van der Waals surface area (Å²) < 4.78 is 7.20. The molecule has 3 aromatic rings. The van der Waals surface area contributed by atoms with Gasteiger partial charge in [-0.3, -0.25) is 24.1 Å². The van der Waals surface area contributed by atoms with Crippen LogP contribution in [0.4, 0.5) is 0 Å². The van der Waals surface area contributed by atoms with Crippen molar-refractivity contribution in [3.63, 3.8) is 0 Å². The van der Waals surface area contributed by atoms with Crippen LogP contribution in [0.5, 0.6) is 0 Å². The highest BCUT2D eigenvalue weighted by molar-refractivity contribution is 6.06. The van der Waals surface area contributed by atoms with E-state index in [0.717, 1.165) is 28.2 Å². The van der Waals surface area contributed by atoms with Gasteiger partial charge < -0.3 is 4.74 Å². The summed E-state index contributed by atoms with van der Waals surface area (Å²) in [5.41, 5.74) is 3.45. The van der Waals surface area contributed by atoms with Gasteiger partial charge in [0, 0.05) is 34.5 Å². The number of esters is 1. The molecule has 0 aliphatic heterocycles. The number of ether oxygens (including phenoxy) is 1. The maximum absolute atomic E-state index is 14.0. The van der Waals surface area contributed by atoms with Gasteiger partial charge in [-0.05, 0) is 48.6 Å². The molecule has 0 bridgehead atoms. The molecule has 2 aromatic carbocycles. The first-order valence-corrected chi connectivity index (χ1v) is 15.8. The third kappa shape index (κ3) is 6.92. The lowest BCUT2D eigenvalue weighted by Gasteiger charge is -2.47. The molecule has 2 aliphatic rings. The number of imide groups is 1. The Morgan fingerprint density at radius 2 is 1.75 bits per heavy atom. The molecule has 0 unspecified atom stereocenters. The Balaban J connectivity index is 1.32. The molecule has 4 atom stereocenters. The summed E-state index contributed by atoms with van der Waals surface area (Å²) in [6.45, 7) is 12.1. The largest absolute Gasteiger partial charge is 0.454 e. The van der Waals surface area contributed by atoms with Crippen molar-refractivity contribution in [3.8, 4) is 11.1 Å². The fourth-order valence-electron chi connectivity index (χ4n) is 6.63. The molecular weight excluding hydrogens is 608 g/mol. The van der Waals surface area contributed by atoms with Crippen molar-refractivity contribution in [2.24, 2.45) is 17.3 Å². The molecule has 1 saturated carbocycles. The number of carbonyl (C=O) groups is 5. The Morgan fingerprint density at radius 1 is 1.06 bits per heavy atom. The molecule has 0 N–H and O–H groups in total. The van der Waals surface area contributed by atoms with Crippen molar-refractivity contribution in [2.75, 3.05) is 0 Å². The van der Waals surface area contributed by atoms with Gasteiger partial charge in [0.2, 0.25) is 5.91 Å². The van der Waals surface area contributed by atoms with Crippen LogP contribution < -0.4 is 0 Å². The number of Topliss-reactive ketones (excluding diaryl/α,β-unsaturated/α-hetero) is 1. The number of rotatable bonds is 11. The zero-order valence-corrected chi connectivity index (χ0v) is 27.3. The molecule has 1 fully saturated rings. The van der Waals surface area contributed by atoms with E-state index in [9.17, 15) is 24.0 Å². The third-order valence-electron chi connectivity index (χ3n) is 9.34. The lowest BCUT2D eigenvalue weighted by molar-refractivity contribution is -0.154. The Bertz CT molecular complexity index is 1840. The zero-order chi connectivity index (χ0) is 34.6. The Morgan fingerprint density at radius 3 is 2.42 bits per heavy atom. The molecule has 1 aromatic heterocycles. The first-order chi connectivity index (χ1) is 22.9. The molecule has 48 heavy (non-hydrogen) atoms. The third-order valence-corrected chi connectivity index (χ3v) is 9.34. The van der Waals surface area contributed by atoms with Crippen molar-refractivity contribution >= 4 is 29.4 Å². The van der Waals surface area contributed by atoms with Crippen LogP contribution in [0.1, 0.15) is 49.7 Å². The number of hydrogen-bond acceptors (Lipinski definition) is 8. The Kier molecular flexibility index (Phi) is 9.93. The van der Waals surface area contributed by atoms with Gasteiger partial charge in [0.05, 0.1) is 12.7 Å². The fraction of sp³-hybridized carbons (Fsp3) is 0.289. The molecule has 0 spiro atoms. The second-order valence-electron chi connectivity index (χ2n) is 12.4. The van der Waals surface area contributed by atoms with E-state index in [4.69, 9.17) is 4.74 Å². The standard InChI is InChI=1S/C38H38N4O6/c1-6-33(45)42(22-29-21-41(40-39-29)23-32(44)28-15-13-27(14-16-28)26-11-9-8-10-12-26)37(47)24(3)30-17-19-38(5)20-18-31(43)25(4)35(38)36(30)48-34(46)7-2/h6-16,18,20-21,24,30,36H,1-2,17,19,22-23H2,3-5H3/t24-,30-,36-,38-/m0/s1. The SMILES string of the molecule is C=CC(=O)O[C@@H]1C2=C(C)C(=O)C=C[C@]2(C)CC[C@H]1[C@H](C)C(=O)N(Cc1cn(CC(=O)c2ccc(-c3ccccc3)cc2)nn1)C(=O)C=C. The van der Waals surface area contributed by atoms with Gasteiger partial charge in [0.25, 0.3) is 5.91 Å². The molecule has 246 valence electrons. The van der Waals surface area contributed by atoms with Gasteiger partial charge in [-0.15, -0.1) is 5.10 Å². The highest BCUT2D eigenvalue weighted by Gasteiger charge is 2.49. The van der Waals surface area contributed by atoms with E-state index in [1.807, 2.05) is 55.5 Å². The van der Waals surface area contributed by atoms with E-state index in [1.165, 1.54) is 17.0 Å². The zero-order valence-electron chi connectivity index (χ0n) is 27.3. The number of hydrogen-bond donors (Lipinski definition) is 0. The summed E-state index contributed by atoms with van der Waals surface area (Å²) >= 11 is 0. The van der Waals surface area contributed by atoms with Crippen molar-refractivity contribution < 1.29 is 28.7 Å². The predicted molar refractivity (Wildman–Crippen MR) is 179 cm³/mol. The van der Waals surface area contributed by atoms with Crippen molar-refractivity contribution in [3.05, 3.63) is 121 Å². The van der Waals surface area contributed by atoms with Crippen LogP contribution in [0.2, 0.25) is 0 Å². The summed E-state index contributed by atoms with van der Waals surface area (Å²) in [6, 6.07) is 17.1. The van der Waals surface area contributed by atoms with Crippen LogP contribution in [-0.2, 0) is 37.0 Å². The number of nitrogens with zero attached hydrogens (tertiary/aromatic N) is 4. The first kappa shape index (κ1) is 33.8. The van der Waals surface area contributed by atoms with E-state index < -0.39 is 41.1 Å². The molecule has 10 heteroatoms. The van der Waals surface area contributed by atoms with Gasteiger partial charge in [-0.2, -0.15) is 0 Å². The topological polar surface area (TPSA) is 129 Å². The Hall–Kier alpha value is -5.51. The first-order valence-electron chi connectivity index (χ1n) is 15.8. The quantitative estimate of drug-likeness (QED) is 0.152. The summed E-state index contributed by atoms with van der Waals surface area (Å²) in [5, 5.41) is 8.18. The van der Waals surface area contributed by atoms with Gasteiger partial charge >= 0.3 is 5.97 Å². The smallest absolute Gasteiger partial charge is 0.330 e. The highest BCUT2D eigenvalue weighted by atomic mass is 16.5. The monoisotopic (exact) mass is 646 g/mol. The number of amides is 2. The minimum absolute atomic E-state index is 0.0870. The minimum atomic E-state index is -0.878.